The minimum absolute atomic E-state index is 0.138. The lowest BCUT2D eigenvalue weighted by molar-refractivity contribution is -0.145. The first-order valence-corrected chi connectivity index (χ1v) is 5.06. The first-order chi connectivity index (χ1) is 5.74. The number of rotatable bonds is 2. The molecular weight excluding hydrogens is 176 g/mol. The third-order valence-electron chi connectivity index (χ3n) is 3.55. The van der Waals surface area contributed by atoms with Crippen molar-refractivity contribution in [3.05, 3.63) is 0 Å². The van der Waals surface area contributed by atoms with Crippen LogP contribution in [0.25, 0.3) is 0 Å². The van der Waals surface area contributed by atoms with Crippen LogP contribution < -0.4 is 0 Å². The number of hydrogen-bond donors (Lipinski definition) is 1. The Hall–Kier alpha value is -0.240. The summed E-state index contributed by atoms with van der Waals surface area (Å²) in [6.07, 6.45) is 3.41. The van der Waals surface area contributed by atoms with Gasteiger partial charge in [0.15, 0.2) is 0 Å². The van der Waals surface area contributed by atoms with Crippen LogP contribution in [0.2, 0.25) is 0 Å². The van der Waals surface area contributed by atoms with E-state index in [1.165, 1.54) is 6.42 Å². The zero-order chi connectivity index (χ0) is 8.72. The molecule has 2 rings (SSSR count). The average Bonchev–Trinajstić information content (AvgIpc) is 2.60. The molecule has 0 aliphatic heterocycles. The monoisotopic (exact) mass is 188 g/mol. The van der Waals surface area contributed by atoms with Gasteiger partial charge in [0.25, 0.3) is 0 Å². The summed E-state index contributed by atoms with van der Waals surface area (Å²) in [5.74, 6) is 1.04. The van der Waals surface area contributed by atoms with Crippen molar-refractivity contribution >= 4 is 17.6 Å². The number of aliphatic carboxylic acids is 1. The molecule has 0 radical (unpaired) electrons. The molecule has 0 unspecified atom stereocenters. The summed E-state index contributed by atoms with van der Waals surface area (Å²) in [7, 11) is 0. The highest BCUT2D eigenvalue weighted by molar-refractivity contribution is 6.18. The summed E-state index contributed by atoms with van der Waals surface area (Å²) in [4.78, 5) is 10.9. The van der Waals surface area contributed by atoms with Crippen LogP contribution in [0.3, 0.4) is 0 Å². The zero-order valence-electron chi connectivity index (χ0n) is 6.87. The molecule has 68 valence electrons. The maximum atomic E-state index is 10.9. The molecule has 1 N–H and O–H groups in total. The summed E-state index contributed by atoms with van der Waals surface area (Å²) in [6.45, 7) is 0. The molecule has 2 aliphatic carbocycles. The SMILES string of the molecule is O=C(O)[C@@H]1[C@@H]2CC[C@@H](C2)[C@H]1CCl. The topological polar surface area (TPSA) is 37.3 Å². The summed E-state index contributed by atoms with van der Waals surface area (Å²) in [5.41, 5.74) is 0. The molecule has 2 bridgehead atoms. The minimum atomic E-state index is -0.632. The van der Waals surface area contributed by atoms with E-state index in [1.807, 2.05) is 0 Å². The Bertz CT molecular complexity index is 205. The largest absolute Gasteiger partial charge is 0.481 e. The van der Waals surface area contributed by atoms with Crippen LogP contribution in [0.5, 0.6) is 0 Å². The van der Waals surface area contributed by atoms with Crippen molar-refractivity contribution in [3.8, 4) is 0 Å². The van der Waals surface area contributed by atoms with Crippen molar-refractivity contribution < 1.29 is 9.90 Å². The Morgan fingerprint density at radius 3 is 2.58 bits per heavy atom. The van der Waals surface area contributed by atoms with Crippen LogP contribution in [0.4, 0.5) is 0 Å². The molecular formula is C9H13ClO2. The standard InChI is InChI=1S/C9H13ClO2/c10-4-7-5-1-2-6(3-5)8(7)9(11)12/h5-8H,1-4H2,(H,11,12)/t5-,6+,7+,8+/m0/s1. The predicted molar refractivity (Wildman–Crippen MR) is 46.2 cm³/mol. The molecule has 2 aliphatic rings. The highest BCUT2D eigenvalue weighted by Gasteiger charge is 2.50. The van der Waals surface area contributed by atoms with E-state index >= 15 is 0 Å². The normalized spacial score (nSPS) is 45.1. The summed E-state index contributed by atoms with van der Waals surface area (Å²) >= 11 is 5.78. The van der Waals surface area contributed by atoms with Gasteiger partial charge in [-0.25, -0.2) is 0 Å². The van der Waals surface area contributed by atoms with Crippen LogP contribution >= 0.6 is 11.6 Å². The van der Waals surface area contributed by atoms with Gasteiger partial charge in [0, 0.05) is 5.88 Å². The average molecular weight is 189 g/mol. The molecule has 0 heterocycles. The van der Waals surface area contributed by atoms with Crippen molar-refractivity contribution in [2.24, 2.45) is 23.7 Å². The molecule has 0 saturated heterocycles. The van der Waals surface area contributed by atoms with Gasteiger partial charge in [-0.05, 0) is 37.0 Å². The molecule has 4 atom stereocenters. The Balaban J connectivity index is 2.16. The molecule has 0 spiro atoms. The zero-order valence-corrected chi connectivity index (χ0v) is 7.63. The molecule has 2 nitrogen and oxygen atoms in total. The quantitative estimate of drug-likeness (QED) is 0.673. The number of halogens is 1. The van der Waals surface area contributed by atoms with E-state index in [9.17, 15) is 4.79 Å². The van der Waals surface area contributed by atoms with Crippen molar-refractivity contribution in [2.75, 3.05) is 5.88 Å². The highest BCUT2D eigenvalue weighted by Crippen LogP contribution is 2.52. The van der Waals surface area contributed by atoms with Gasteiger partial charge in [-0.2, -0.15) is 0 Å². The van der Waals surface area contributed by atoms with Gasteiger partial charge in [0.1, 0.15) is 0 Å². The Labute approximate surface area is 76.9 Å². The molecule has 3 heteroatoms. The van der Waals surface area contributed by atoms with E-state index in [4.69, 9.17) is 16.7 Å². The summed E-state index contributed by atoms with van der Waals surface area (Å²) < 4.78 is 0. The lowest BCUT2D eigenvalue weighted by Crippen LogP contribution is -2.30. The maximum absolute atomic E-state index is 10.9. The number of fused-ring (bicyclic) bond motifs is 2. The third kappa shape index (κ3) is 1.05. The van der Waals surface area contributed by atoms with E-state index in [-0.39, 0.29) is 11.8 Å². The number of carbonyl (C=O) groups is 1. The van der Waals surface area contributed by atoms with E-state index < -0.39 is 5.97 Å². The fourth-order valence-corrected chi connectivity index (χ4v) is 3.46. The van der Waals surface area contributed by atoms with Crippen LogP contribution in [0, 0.1) is 23.7 Å². The number of alkyl halides is 1. The van der Waals surface area contributed by atoms with Crippen LogP contribution in [-0.4, -0.2) is 17.0 Å². The van der Waals surface area contributed by atoms with Gasteiger partial charge in [-0.15, -0.1) is 11.6 Å². The van der Waals surface area contributed by atoms with Crippen LogP contribution in [0.1, 0.15) is 19.3 Å². The molecule has 12 heavy (non-hydrogen) atoms. The van der Waals surface area contributed by atoms with Gasteiger partial charge in [-0.1, -0.05) is 0 Å². The molecule has 0 aromatic heterocycles. The Kier molecular flexibility index (Phi) is 2.03. The highest BCUT2D eigenvalue weighted by atomic mass is 35.5. The number of hydrogen-bond acceptors (Lipinski definition) is 1. The fraction of sp³-hybridized carbons (Fsp3) is 0.889. The van der Waals surface area contributed by atoms with Gasteiger partial charge < -0.3 is 5.11 Å². The summed E-state index contributed by atoms with van der Waals surface area (Å²) in [6, 6.07) is 0. The van der Waals surface area contributed by atoms with E-state index in [0.717, 1.165) is 12.8 Å². The predicted octanol–water partition coefficient (Wildman–Crippen LogP) is 1.97. The van der Waals surface area contributed by atoms with Crippen molar-refractivity contribution in [1.29, 1.82) is 0 Å². The molecule has 0 aromatic rings. The van der Waals surface area contributed by atoms with Crippen molar-refractivity contribution in [3.63, 3.8) is 0 Å². The second kappa shape index (κ2) is 2.91. The Morgan fingerprint density at radius 2 is 2.08 bits per heavy atom. The second-order valence-electron chi connectivity index (χ2n) is 4.02. The fourth-order valence-electron chi connectivity index (χ4n) is 3.02. The van der Waals surface area contributed by atoms with Crippen LogP contribution in [0.15, 0.2) is 0 Å². The molecule has 0 amide bonds. The molecule has 0 aromatic carbocycles. The van der Waals surface area contributed by atoms with Gasteiger partial charge in [-0.3, -0.25) is 4.79 Å². The van der Waals surface area contributed by atoms with E-state index in [1.54, 1.807) is 0 Å². The van der Waals surface area contributed by atoms with Gasteiger partial charge in [0.2, 0.25) is 0 Å². The lowest BCUT2D eigenvalue weighted by atomic mass is 9.80. The first kappa shape index (κ1) is 8.36. The van der Waals surface area contributed by atoms with Gasteiger partial charge >= 0.3 is 5.97 Å². The van der Waals surface area contributed by atoms with Gasteiger partial charge in [0.05, 0.1) is 5.92 Å². The van der Waals surface area contributed by atoms with Crippen molar-refractivity contribution in [2.45, 2.75) is 19.3 Å². The second-order valence-corrected chi connectivity index (χ2v) is 4.32. The minimum Gasteiger partial charge on any atom is -0.481 e. The van der Waals surface area contributed by atoms with Crippen LogP contribution in [-0.2, 0) is 4.79 Å². The number of carboxylic acids is 1. The van der Waals surface area contributed by atoms with E-state index in [2.05, 4.69) is 0 Å². The Morgan fingerprint density at radius 1 is 1.42 bits per heavy atom. The molecule has 2 saturated carbocycles. The van der Waals surface area contributed by atoms with E-state index in [0.29, 0.717) is 17.7 Å². The lowest BCUT2D eigenvalue weighted by Gasteiger charge is -2.25. The first-order valence-electron chi connectivity index (χ1n) is 4.52. The molecule has 2 fully saturated rings. The van der Waals surface area contributed by atoms with Crippen molar-refractivity contribution in [1.82, 2.24) is 0 Å². The summed E-state index contributed by atoms with van der Waals surface area (Å²) in [5, 5.41) is 8.98. The smallest absolute Gasteiger partial charge is 0.307 e. The third-order valence-corrected chi connectivity index (χ3v) is 3.91. The maximum Gasteiger partial charge on any atom is 0.307 e. The number of carboxylic acid groups (broad SMARTS) is 1.